The van der Waals surface area contributed by atoms with Gasteiger partial charge in [-0.2, -0.15) is 0 Å². The lowest BCUT2D eigenvalue weighted by atomic mass is 10.1. The molecule has 0 fully saturated rings. The molecule has 1 aliphatic rings. The van der Waals surface area contributed by atoms with Crippen LogP contribution in [-0.4, -0.2) is 16.7 Å². The van der Waals surface area contributed by atoms with Crippen LogP contribution in [0.2, 0.25) is 0 Å². The summed E-state index contributed by atoms with van der Waals surface area (Å²) in [5.74, 6) is 0.149. The third kappa shape index (κ3) is 1.62. The molecule has 0 saturated heterocycles. The Kier molecular flexibility index (Phi) is 2.14. The molecular formula is C9H6FNOS. The quantitative estimate of drug-likeness (QED) is 0.689. The molecule has 13 heavy (non-hydrogen) atoms. The Labute approximate surface area is 78.9 Å². The summed E-state index contributed by atoms with van der Waals surface area (Å²) < 4.78 is 13.2. The van der Waals surface area contributed by atoms with E-state index in [0.717, 1.165) is 11.8 Å². The van der Waals surface area contributed by atoms with Crippen LogP contribution in [0.25, 0.3) is 0 Å². The molecule has 0 aliphatic carbocycles. The van der Waals surface area contributed by atoms with Crippen molar-refractivity contribution < 1.29 is 9.18 Å². The largest absolute Gasteiger partial charge is 0.305 e. The standard InChI is InChI=1S/C9H6FNOS/c10-7-4-2-1-3-6(7)8-5-13-9(12)11-8/h1-4H,5H2. The lowest BCUT2D eigenvalue weighted by Crippen LogP contribution is -2.02. The maximum atomic E-state index is 13.2. The zero-order valence-electron chi connectivity index (χ0n) is 6.66. The Hall–Kier alpha value is -1.16. The predicted octanol–water partition coefficient (Wildman–Crippen LogP) is 2.48. The van der Waals surface area contributed by atoms with Crippen LogP contribution in [0.15, 0.2) is 29.3 Å². The minimum Gasteiger partial charge on any atom is -0.259 e. The summed E-state index contributed by atoms with van der Waals surface area (Å²) >= 11 is 1.10. The molecule has 0 unspecified atom stereocenters. The summed E-state index contributed by atoms with van der Waals surface area (Å²) in [4.78, 5) is 14.5. The fraction of sp³-hybridized carbons (Fsp3) is 0.111. The number of hydrogen-bond acceptors (Lipinski definition) is 2. The first-order valence-electron chi connectivity index (χ1n) is 3.76. The van der Waals surface area contributed by atoms with Crippen molar-refractivity contribution in [2.75, 3.05) is 5.75 Å². The van der Waals surface area contributed by atoms with Gasteiger partial charge in [0.25, 0.3) is 0 Å². The van der Waals surface area contributed by atoms with E-state index in [9.17, 15) is 9.18 Å². The molecule has 2 rings (SSSR count). The molecule has 4 heteroatoms. The average Bonchev–Trinajstić information content (AvgIpc) is 2.53. The lowest BCUT2D eigenvalue weighted by Gasteiger charge is -1.99. The van der Waals surface area contributed by atoms with E-state index in [2.05, 4.69) is 4.99 Å². The highest BCUT2D eigenvalue weighted by molar-refractivity contribution is 8.14. The molecule has 0 radical (unpaired) electrons. The van der Waals surface area contributed by atoms with Crippen molar-refractivity contribution in [3.63, 3.8) is 0 Å². The van der Waals surface area contributed by atoms with Crippen molar-refractivity contribution in [3.05, 3.63) is 35.6 Å². The van der Waals surface area contributed by atoms with Gasteiger partial charge < -0.3 is 0 Å². The van der Waals surface area contributed by atoms with Crippen LogP contribution in [0.3, 0.4) is 0 Å². The van der Waals surface area contributed by atoms with Crippen molar-refractivity contribution in [3.8, 4) is 0 Å². The van der Waals surface area contributed by atoms with E-state index in [1.807, 2.05) is 0 Å². The first kappa shape index (κ1) is 8.44. The highest BCUT2D eigenvalue weighted by Gasteiger charge is 2.18. The number of hydrogen-bond donors (Lipinski definition) is 0. The number of benzene rings is 1. The van der Waals surface area contributed by atoms with Gasteiger partial charge >= 0.3 is 5.24 Å². The number of aliphatic imine (C=N–C) groups is 1. The molecule has 1 aromatic rings. The van der Waals surface area contributed by atoms with Gasteiger partial charge in [0, 0.05) is 11.3 Å². The topological polar surface area (TPSA) is 29.4 Å². The second-order valence-corrected chi connectivity index (χ2v) is 3.52. The number of nitrogens with zero attached hydrogens (tertiary/aromatic N) is 1. The van der Waals surface area contributed by atoms with Gasteiger partial charge in [0.1, 0.15) is 5.82 Å². The van der Waals surface area contributed by atoms with Gasteiger partial charge in [0.2, 0.25) is 0 Å². The average molecular weight is 195 g/mol. The second kappa shape index (κ2) is 3.30. The molecule has 2 nitrogen and oxygen atoms in total. The van der Waals surface area contributed by atoms with Gasteiger partial charge in [0.15, 0.2) is 0 Å². The Bertz CT molecular complexity index is 389. The first-order valence-corrected chi connectivity index (χ1v) is 4.75. The third-order valence-electron chi connectivity index (χ3n) is 1.74. The fourth-order valence-corrected chi connectivity index (χ4v) is 1.79. The molecule has 0 saturated carbocycles. The van der Waals surface area contributed by atoms with E-state index < -0.39 is 0 Å². The maximum Gasteiger partial charge on any atom is 0.305 e. The van der Waals surface area contributed by atoms with E-state index in [1.54, 1.807) is 18.2 Å². The molecule has 0 atom stereocenters. The molecule has 0 N–H and O–H groups in total. The van der Waals surface area contributed by atoms with E-state index in [1.165, 1.54) is 6.07 Å². The highest BCUT2D eigenvalue weighted by atomic mass is 32.2. The van der Waals surface area contributed by atoms with E-state index >= 15 is 0 Å². The van der Waals surface area contributed by atoms with Crippen molar-refractivity contribution in [2.45, 2.75) is 0 Å². The van der Waals surface area contributed by atoms with Crippen LogP contribution in [-0.2, 0) is 0 Å². The number of carbonyl (C=O) groups is 1. The van der Waals surface area contributed by atoms with Crippen molar-refractivity contribution >= 4 is 22.7 Å². The normalized spacial score (nSPS) is 16.1. The highest BCUT2D eigenvalue weighted by Crippen LogP contribution is 2.19. The maximum absolute atomic E-state index is 13.2. The van der Waals surface area contributed by atoms with Crippen LogP contribution in [0.1, 0.15) is 5.56 Å². The van der Waals surface area contributed by atoms with Gasteiger partial charge in [-0.05, 0) is 6.07 Å². The third-order valence-corrected chi connectivity index (χ3v) is 2.50. The zero-order chi connectivity index (χ0) is 9.26. The summed E-state index contributed by atoms with van der Waals surface area (Å²) in [5, 5.41) is -0.238. The SMILES string of the molecule is O=C1N=C(c2ccccc2F)CS1. The zero-order valence-corrected chi connectivity index (χ0v) is 7.47. The minimum absolute atomic E-state index is 0.238. The van der Waals surface area contributed by atoms with Gasteiger partial charge in [0.05, 0.1) is 5.71 Å². The molecule has 1 aromatic carbocycles. The van der Waals surface area contributed by atoms with Crippen LogP contribution < -0.4 is 0 Å². The van der Waals surface area contributed by atoms with Crippen LogP contribution in [0.4, 0.5) is 9.18 Å². The van der Waals surface area contributed by atoms with Gasteiger partial charge in [-0.25, -0.2) is 9.38 Å². The number of thioether (sulfide) groups is 1. The summed E-state index contributed by atoms with van der Waals surface area (Å²) in [6.07, 6.45) is 0. The number of carbonyl (C=O) groups excluding carboxylic acids is 1. The number of amides is 1. The van der Waals surface area contributed by atoms with E-state index in [4.69, 9.17) is 0 Å². The molecule has 0 spiro atoms. The first-order chi connectivity index (χ1) is 6.27. The van der Waals surface area contributed by atoms with Crippen molar-refractivity contribution in [1.29, 1.82) is 0 Å². The van der Waals surface area contributed by atoms with Crippen LogP contribution in [0.5, 0.6) is 0 Å². The Morgan fingerprint density at radius 1 is 1.38 bits per heavy atom. The molecule has 0 aromatic heterocycles. The second-order valence-electron chi connectivity index (χ2n) is 2.59. The van der Waals surface area contributed by atoms with Crippen LogP contribution in [0, 0.1) is 5.82 Å². The summed E-state index contributed by atoms with van der Waals surface area (Å²) in [6, 6.07) is 6.34. The summed E-state index contributed by atoms with van der Waals surface area (Å²) in [7, 11) is 0. The van der Waals surface area contributed by atoms with Crippen molar-refractivity contribution in [1.82, 2.24) is 0 Å². The predicted molar refractivity (Wildman–Crippen MR) is 50.8 cm³/mol. The molecular weight excluding hydrogens is 189 g/mol. The monoisotopic (exact) mass is 195 g/mol. The van der Waals surface area contributed by atoms with Crippen LogP contribution >= 0.6 is 11.8 Å². The molecule has 66 valence electrons. The van der Waals surface area contributed by atoms with E-state index in [-0.39, 0.29) is 11.1 Å². The smallest absolute Gasteiger partial charge is 0.259 e. The van der Waals surface area contributed by atoms with Gasteiger partial charge in [-0.15, -0.1) is 0 Å². The lowest BCUT2D eigenvalue weighted by molar-refractivity contribution is 0.268. The van der Waals surface area contributed by atoms with Gasteiger partial charge in [-0.1, -0.05) is 30.0 Å². The molecule has 0 bridgehead atoms. The summed E-state index contributed by atoms with van der Waals surface area (Å²) in [5.41, 5.74) is 0.967. The molecule has 1 aliphatic heterocycles. The Morgan fingerprint density at radius 2 is 2.15 bits per heavy atom. The Morgan fingerprint density at radius 3 is 2.77 bits per heavy atom. The molecule has 1 heterocycles. The van der Waals surface area contributed by atoms with E-state index in [0.29, 0.717) is 17.0 Å². The Balaban J connectivity index is 2.41. The van der Waals surface area contributed by atoms with Gasteiger partial charge in [-0.3, -0.25) is 4.79 Å². The molecule has 1 amide bonds. The number of rotatable bonds is 1. The number of halogens is 1. The van der Waals surface area contributed by atoms with Crippen molar-refractivity contribution in [2.24, 2.45) is 4.99 Å². The summed E-state index contributed by atoms with van der Waals surface area (Å²) in [6.45, 7) is 0. The fourth-order valence-electron chi connectivity index (χ4n) is 1.14. The minimum atomic E-state index is -0.323.